The quantitative estimate of drug-likeness (QED) is 0.238. The summed E-state index contributed by atoms with van der Waals surface area (Å²) in [6, 6.07) is 1.85. The summed E-state index contributed by atoms with van der Waals surface area (Å²) in [6.07, 6.45) is 0.940. The van der Waals surface area contributed by atoms with Crippen molar-refractivity contribution in [3.8, 4) is 0 Å². The molecule has 2 aliphatic heterocycles. The molecule has 1 saturated carbocycles. The number of hydrogen-bond acceptors (Lipinski definition) is 9. The van der Waals surface area contributed by atoms with E-state index < -0.39 is 32.1 Å². The lowest BCUT2D eigenvalue weighted by Gasteiger charge is -2.21. The van der Waals surface area contributed by atoms with Crippen LogP contribution in [0.15, 0.2) is 12.3 Å². The number of fused-ring (bicyclic) bond motifs is 2. The first kappa shape index (κ1) is 22.5. The van der Waals surface area contributed by atoms with Gasteiger partial charge >= 0.3 is 7.60 Å². The molecule has 0 bridgehead atoms. The van der Waals surface area contributed by atoms with Gasteiger partial charge in [-0.2, -0.15) is 9.97 Å². The molecule has 0 aromatic carbocycles. The Bertz CT molecular complexity index is 1040. The van der Waals surface area contributed by atoms with Gasteiger partial charge in [-0.25, -0.2) is 4.89 Å². The maximum atomic E-state index is 11.2. The van der Waals surface area contributed by atoms with Gasteiger partial charge in [0.15, 0.2) is 6.23 Å². The fourth-order valence-corrected chi connectivity index (χ4v) is 5.55. The number of halogens is 1. The molecule has 2 aromatic heterocycles. The Balaban J connectivity index is 1.39. The number of rotatable bonds is 6. The average molecular weight is 489 g/mol. The van der Waals surface area contributed by atoms with Gasteiger partial charge in [0.25, 0.3) is 0 Å². The summed E-state index contributed by atoms with van der Waals surface area (Å²) < 4.78 is 23.0. The first-order valence-corrected chi connectivity index (χ1v) is 13.0. The smallest absolute Gasteiger partial charge is 0.352 e. The largest absolute Gasteiger partial charge is 0.387 e. The zero-order valence-electron chi connectivity index (χ0n) is 17.5. The number of hydrogen-bond donors (Lipinski definition) is 3. The van der Waals surface area contributed by atoms with Gasteiger partial charge in [0, 0.05) is 26.0 Å². The van der Waals surface area contributed by atoms with E-state index in [1.165, 1.54) is 19.3 Å². The predicted molar refractivity (Wildman–Crippen MR) is 114 cm³/mol. The molecule has 2 saturated heterocycles. The van der Waals surface area contributed by atoms with Gasteiger partial charge < -0.3 is 29.3 Å². The molecule has 13 heteroatoms. The topological polar surface area (TPSA) is 139 Å². The van der Waals surface area contributed by atoms with Crippen LogP contribution in [0.3, 0.4) is 0 Å². The van der Waals surface area contributed by atoms with Gasteiger partial charge in [-0.05, 0) is 42.3 Å². The van der Waals surface area contributed by atoms with Crippen LogP contribution in [0.5, 0.6) is 0 Å². The highest BCUT2D eigenvalue weighted by Crippen LogP contribution is 2.42. The second kappa shape index (κ2) is 8.48. The van der Waals surface area contributed by atoms with E-state index in [4.69, 9.17) is 26.1 Å². The Morgan fingerprint density at radius 1 is 1.25 bits per heavy atom. The van der Waals surface area contributed by atoms with E-state index in [9.17, 15) is 14.8 Å². The molecule has 176 valence electrons. The number of nitrogens with zero attached hydrogens (tertiary/aromatic N) is 4. The minimum Gasteiger partial charge on any atom is -0.387 e. The minimum absolute atomic E-state index is 0.0903. The molecule has 7 atom stereocenters. The Morgan fingerprint density at radius 2 is 1.97 bits per heavy atom. The van der Waals surface area contributed by atoms with Crippen LogP contribution < -0.4 is 4.90 Å². The van der Waals surface area contributed by atoms with Gasteiger partial charge in [0.1, 0.15) is 36.4 Å². The number of anilines is 1. The lowest BCUT2D eigenvalue weighted by Crippen LogP contribution is -2.33. The van der Waals surface area contributed by atoms with E-state index in [0.29, 0.717) is 17.5 Å². The van der Waals surface area contributed by atoms with Gasteiger partial charge in [-0.1, -0.05) is 6.42 Å². The Morgan fingerprint density at radius 3 is 2.66 bits per heavy atom. The molecule has 0 spiro atoms. The van der Waals surface area contributed by atoms with Crippen LogP contribution in [-0.2, 0) is 18.9 Å². The van der Waals surface area contributed by atoms with E-state index in [2.05, 4.69) is 19.5 Å². The monoisotopic (exact) mass is 488 g/mol. The number of aromatic nitrogens is 3. The summed E-state index contributed by atoms with van der Waals surface area (Å²) in [6.45, 7) is 2.50. The zero-order chi connectivity index (χ0) is 22.6. The maximum Gasteiger partial charge on any atom is 0.352 e. The number of aliphatic hydroxyl groups is 2. The van der Waals surface area contributed by atoms with Crippen LogP contribution in [0.25, 0.3) is 11.0 Å². The number of ether oxygens (including phenoxy) is 1. The summed E-state index contributed by atoms with van der Waals surface area (Å²) in [7, 11) is -3.85. The molecule has 0 radical (unpaired) electrons. The van der Waals surface area contributed by atoms with Gasteiger partial charge in [0.2, 0.25) is 5.28 Å². The third kappa shape index (κ3) is 4.17. The molecule has 32 heavy (non-hydrogen) atoms. The molecule has 11 nitrogen and oxygen atoms in total. The van der Waals surface area contributed by atoms with E-state index >= 15 is 0 Å². The van der Waals surface area contributed by atoms with E-state index in [0.717, 1.165) is 31.0 Å². The van der Waals surface area contributed by atoms with E-state index in [1.54, 1.807) is 10.8 Å². The van der Waals surface area contributed by atoms with E-state index in [1.807, 2.05) is 6.07 Å². The van der Waals surface area contributed by atoms with Crippen LogP contribution >= 0.6 is 19.2 Å². The summed E-state index contributed by atoms with van der Waals surface area (Å²) in [5.74, 6) is 2.11. The Hall–Kier alpha value is -1.30. The summed E-state index contributed by atoms with van der Waals surface area (Å²) >= 11 is 6.26. The van der Waals surface area contributed by atoms with Crippen LogP contribution in [0.2, 0.25) is 5.28 Å². The summed E-state index contributed by atoms with van der Waals surface area (Å²) in [5, 5.41) is 21.9. The molecule has 3 aliphatic rings. The van der Waals surface area contributed by atoms with Gasteiger partial charge in [0.05, 0.1) is 5.39 Å². The van der Waals surface area contributed by atoms with Crippen molar-refractivity contribution in [3.63, 3.8) is 0 Å². The Kier molecular flexibility index (Phi) is 5.96. The van der Waals surface area contributed by atoms with Crippen molar-refractivity contribution in [2.45, 2.75) is 43.8 Å². The highest BCUT2D eigenvalue weighted by atomic mass is 35.5. The fourth-order valence-electron chi connectivity index (χ4n) is 5.14. The zero-order valence-corrected chi connectivity index (χ0v) is 19.1. The van der Waals surface area contributed by atoms with Crippen molar-refractivity contribution in [1.82, 2.24) is 14.5 Å². The molecule has 2 aromatic rings. The van der Waals surface area contributed by atoms with Gasteiger partial charge in [-0.3, -0.25) is 4.57 Å². The minimum atomic E-state index is -3.85. The Labute approximate surface area is 189 Å². The molecular weight excluding hydrogens is 463 g/mol. The average Bonchev–Trinajstić information content (AvgIpc) is 3.46. The number of aliphatic hydroxyl groups excluding tert-OH is 2. The second-order valence-electron chi connectivity index (χ2n) is 8.84. The van der Waals surface area contributed by atoms with Crippen molar-refractivity contribution in [3.05, 3.63) is 17.5 Å². The highest BCUT2D eigenvalue weighted by molar-refractivity contribution is 7.51. The lowest BCUT2D eigenvalue weighted by molar-refractivity contribution is -0.238. The van der Waals surface area contributed by atoms with Crippen LogP contribution in [0, 0.1) is 11.8 Å². The van der Waals surface area contributed by atoms with Crippen LogP contribution in [0.1, 0.15) is 25.5 Å². The SMILES string of the molecule is CP(=O)(O)OOC[C@H]1O[C@@H](n2ccc3c(N4CC5CCCC5C4)nc(Cl)nc32)[C@H](O)[C@@H]1O. The normalized spacial score (nSPS) is 34.3. The van der Waals surface area contributed by atoms with Crippen molar-refractivity contribution in [2.75, 3.05) is 31.3 Å². The predicted octanol–water partition coefficient (Wildman–Crippen LogP) is 1.70. The second-order valence-corrected chi connectivity index (χ2v) is 10.9. The van der Waals surface area contributed by atoms with Gasteiger partial charge in [-0.15, -0.1) is 4.67 Å². The molecule has 1 aliphatic carbocycles. The molecule has 3 unspecified atom stereocenters. The maximum absolute atomic E-state index is 11.2. The molecule has 3 fully saturated rings. The van der Waals surface area contributed by atoms with Crippen LogP contribution in [0.4, 0.5) is 5.82 Å². The molecule has 4 heterocycles. The van der Waals surface area contributed by atoms with Crippen molar-refractivity contribution >= 4 is 36.0 Å². The molecule has 5 rings (SSSR count). The first-order chi connectivity index (χ1) is 15.2. The molecular formula is C19H26ClN4O7P. The van der Waals surface area contributed by atoms with Crippen molar-refractivity contribution in [2.24, 2.45) is 11.8 Å². The highest BCUT2D eigenvalue weighted by Gasteiger charge is 2.45. The fraction of sp³-hybridized carbons (Fsp3) is 0.684. The van der Waals surface area contributed by atoms with Crippen molar-refractivity contribution in [1.29, 1.82) is 0 Å². The first-order valence-electron chi connectivity index (χ1n) is 10.6. The molecule has 0 amide bonds. The van der Waals surface area contributed by atoms with Crippen LogP contribution in [-0.4, -0.2) is 74.3 Å². The van der Waals surface area contributed by atoms with E-state index in [-0.39, 0.29) is 11.9 Å². The standard InChI is InChI=1S/C19H26ClN4O7P/c1-32(27,28)31-29-9-13-14(25)15(26)18(30-13)24-6-5-12-16(21-19(20)22-17(12)24)23-7-10-3-2-4-11(10)8-23/h5-6,10-11,13-15,18,25-26H,2-4,7-9H2,1H3,(H,27,28)/t10?,11?,13-,14-,15-,18-/m1/s1. The third-order valence-corrected chi connectivity index (χ3v) is 7.14. The lowest BCUT2D eigenvalue weighted by atomic mass is 10.0. The summed E-state index contributed by atoms with van der Waals surface area (Å²) in [4.78, 5) is 25.0. The summed E-state index contributed by atoms with van der Waals surface area (Å²) in [5.41, 5.74) is 0.486. The third-order valence-electron chi connectivity index (χ3n) is 6.58. The van der Waals surface area contributed by atoms with Crippen molar-refractivity contribution < 1.29 is 34.0 Å². The molecule has 3 N–H and O–H groups in total.